The number of esters is 1. The zero-order valence-corrected chi connectivity index (χ0v) is 50.8. The average molecular weight is 1200 g/mol. The third kappa shape index (κ3) is 12.1. The normalized spacial score (nSPS) is 48.6. The summed E-state index contributed by atoms with van der Waals surface area (Å²) in [6, 6.07) is -1.14. The molecule has 24 nitrogen and oxygen atoms in total. The Kier molecular flexibility index (Phi) is 19.4. The molecule has 0 aromatic carbocycles. The molecular formula is C61H90N2O22. The number of ketones is 1. The van der Waals surface area contributed by atoms with Crippen molar-refractivity contribution in [2.45, 2.75) is 236 Å². The number of allylic oxidation sites excluding steroid dienone is 2. The summed E-state index contributed by atoms with van der Waals surface area (Å²) in [4.78, 5) is 55.1. The Morgan fingerprint density at radius 2 is 1.39 bits per heavy atom. The van der Waals surface area contributed by atoms with Crippen molar-refractivity contribution in [3.63, 3.8) is 0 Å². The number of aliphatic hydroxyl groups excluding tert-OH is 6. The van der Waals surface area contributed by atoms with Gasteiger partial charge in [-0.15, -0.1) is 0 Å². The average Bonchev–Trinajstić information content (AvgIpc) is 2.94. The maximum Gasteiger partial charge on any atom is 0.407 e. The van der Waals surface area contributed by atoms with Gasteiger partial charge in [-0.25, -0.2) is 9.59 Å². The van der Waals surface area contributed by atoms with E-state index in [1.807, 2.05) is 26.0 Å². The number of methoxy groups -OCH3 is 2. The van der Waals surface area contributed by atoms with E-state index in [-0.39, 0.29) is 62.5 Å². The van der Waals surface area contributed by atoms with Gasteiger partial charge in [0.1, 0.15) is 35.7 Å². The molecule has 28 atom stereocenters. The highest BCUT2D eigenvalue weighted by Gasteiger charge is 2.65. The van der Waals surface area contributed by atoms with E-state index >= 15 is 4.79 Å². The Morgan fingerprint density at radius 3 is 2.01 bits per heavy atom. The SMILES string of the molecule is C=C1C(O)C[C@H](O[C@H]2C[C@](C)([N+](=O)[O-])[C@@H](NC(=O)OC)[C@@H](C)O2)C(C)=C[C@@H]2C=C(CO)[C@H](C)C[C@]23OC(=O)/C(=C(/O)[C@@]2(C)[C@H]4[C@H](C=C[C@@H]12)[C@@H](O[C@H]1C[C@@H](O[C@H]2C[C@@H](O)[C@@H](O[C@@H]5C[C@@H](O)[C@@H](OC)[C@H](C)O5)[C@H](C)O2)[C@@H](O)[C@H](C)O1)[C@@H](C)C[C@@H]4C)C3=O. The zero-order valence-electron chi connectivity index (χ0n) is 50.8. The number of amides is 1. The molecule has 2 bridgehead atoms. The van der Waals surface area contributed by atoms with Crippen LogP contribution in [0, 0.1) is 57.0 Å². The van der Waals surface area contributed by atoms with Crippen molar-refractivity contribution in [2.75, 3.05) is 20.8 Å². The monoisotopic (exact) mass is 1200 g/mol. The Bertz CT molecular complexity index is 2620. The maximum atomic E-state index is 15.6. The van der Waals surface area contributed by atoms with Crippen LogP contribution in [0.15, 0.2) is 58.9 Å². The first kappa shape index (κ1) is 65.2. The molecule has 0 aromatic heterocycles. The number of fused-ring (bicyclic) bond motifs is 4. The number of carbonyl (C=O) groups is 3. The molecular weight excluding hydrogens is 1110 g/mol. The number of Topliss-reactive ketones (excluding diaryl/α,β-unsaturated/α-hetero) is 1. The third-order valence-corrected chi connectivity index (χ3v) is 20.4. The molecule has 5 saturated heterocycles. The van der Waals surface area contributed by atoms with Gasteiger partial charge in [-0.2, -0.15) is 0 Å². The number of nitrogens with one attached hydrogen (secondary N) is 1. The number of carbonyl (C=O) groups excluding carboxylic acids is 3. The summed E-state index contributed by atoms with van der Waals surface area (Å²) in [6.07, 6.45) is -8.98. The topological polar surface area (TPSA) is 329 Å². The van der Waals surface area contributed by atoms with Gasteiger partial charge in [0.05, 0.1) is 81.2 Å². The number of hydrogen-bond donors (Lipinski definition) is 7. The van der Waals surface area contributed by atoms with Gasteiger partial charge in [-0.3, -0.25) is 14.9 Å². The number of rotatable bonds is 12. The second kappa shape index (κ2) is 25.3. The fourth-order valence-corrected chi connectivity index (χ4v) is 15.9. The highest BCUT2D eigenvalue weighted by Crippen LogP contribution is 2.61. The summed E-state index contributed by atoms with van der Waals surface area (Å²) in [5, 5.41) is 85.5. The van der Waals surface area contributed by atoms with Crippen LogP contribution in [0.5, 0.6) is 0 Å². The van der Waals surface area contributed by atoms with E-state index in [1.54, 1.807) is 60.6 Å². The molecule has 0 radical (unpaired) electrons. The first-order valence-corrected chi connectivity index (χ1v) is 30.1. The molecule has 476 valence electrons. The predicted octanol–water partition coefficient (Wildman–Crippen LogP) is 4.54. The quantitative estimate of drug-likeness (QED) is 0.0463. The smallest absolute Gasteiger partial charge is 0.407 e. The Hall–Kier alpha value is -4.25. The van der Waals surface area contributed by atoms with Crippen molar-refractivity contribution in [1.29, 1.82) is 0 Å². The Labute approximate surface area is 496 Å². The number of nitrogens with zero attached hydrogens (tertiary/aromatic N) is 1. The van der Waals surface area contributed by atoms with Crippen LogP contribution in [-0.2, 0) is 61.7 Å². The summed E-state index contributed by atoms with van der Waals surface area (Å²) in [6.45, 7) is 21.6. The second-order valence-corrected chi connectivity index (χ2v) is 26.1. The molecule has 7 N–H and O–H groups in total. The molecule has 5 heterocycles. The van der Waals surface area contributed by atoms with Gasteiger partial charge in [-0.05, 0) is 81.4 Å². The predicted molar refractivity (Wildman–Crippen MR) is 299 cm³/mol. The summed E-state index contributed by atoms with van der Waals surface area (Å²) >= 11 is 0. The van der Waals surface area contributed by atoms with Crippen LogP contribution in [0.2, 0.25) is 0 Å². The summed E-state index contributed by atoms with van der Waals surface area (Å²) in [5.74, 6) is -6.26. The molecule has 6 fully saturated rings. The largest absolute Gasteiger partial charge is 0.511 e. The van der Waals surface area contributed by atoms with Crippen molar-refractivity contribution >= 4 is 17.8 Å². The van der Waals surface area contributed by atoms with Gasteiger partial charge in [0.2, 0.25) is 11.3 Å². The minimum atomic E-state index is -1.90. The van der Waals surface area contributed by atoms with E-state index in [0.29, 0.717) is 17.6 Å². The van der Waals surface area contributed by atoms with Crippen LogP contribution < -0.4 is 5.32 Å². The number of nitro groups is 1. The lowest BCUT2D eigenvalue weighted by Gasteiger charge is -2.57. The minimum Gasteiger partial charge on any atom is -0.511 e. The molecule has 9 aliphatic rings. The van der Waals surface area contributed by atoms with Crippen molar-refractivity contribution in [3.8, 4) is 0 Å². The molecule has 5 aliphatic heterocycles. The molecule has 85 heavy (non-hydrogen) atoms. The van der Waals surface area contributed by atoms with E-state index in [2.05, 4.69) is 11.9 Å². The Balaban J connectivity index is 1.01. The lowest BCUT2D eigenvalue weighted by atomic mass is 9.49. The van der Waals surface area contributed by atoms with E-state index in [4.69, 9.17) is 52.1 Å². The fourth-order valence-electron chi connectivity index (χ4n) is 15.9. The van der Waals surface area contributed by atoms with Crippen LogP contribution in [0.3, 0.4) is 0 Å². The summed E-state index contributed by atoms with van der Waals surface area (Å²) in [5.41, 5.74) is -4.61. The number of ether oxygens (including phenoxy) is 11. The van der Waals surface area contributed by atoms with Gasteiger partial charge in [0.15, 0.2) is 30.8 Å². The van der Waals surface area contributed by atoms with Crippen LogP contribution in [-0.4, -0.2) is 196 Å². The second-order valence-electron chi connectivity index (χ2n) is 26.1. The molecule has 1 spiro atoms. The van der Waals surface area contributed by atoms with Gasteiger partial charge >= 0.3 is 12.1 Å². The van der Waals surface area contributed by atoms with Gasteiger partial charge in [-0.1, -0.05) is 58.6 Å². The summed E-state index contributed by atoms with van der Waals surface area (Å²) in [7, 11) is 2.64. The first-order chi connectivity index (χ1) is 40.0. The highest BCUT2D eigenvalue weighted by molar-refractivity contribution is 6.26. The molecule has 9 rings (SSSR count). The van der Waals surface area contributed by atoms with E-state index in [1.165, 1.54) is 14.0 Å². The lowest BCUT2D eigenvalue weighted by Crippen LogP contribution is -2.65. The standard InChI is InChI=1S/C61H90N2O22/c1-26-17-36-18-35(25-64)29(4)23-61(36)56(70)48(57(71)85-61)55(69)60(11)38(30(5)39(65)19-42(26)81-47-24-59(10,63(73)74)54(34(9)80-47)62-58(72)76-13)15-14-37-49(60)27(2)16-28(3)51(37)83-46-22-43(50(68)31(6)77-46)82-44-21-41(67)53(33(8)79-44)84-45-20-40(66)52(75-12)32(7)78-45/h14-15,17-18,27-29,31-34,36-47,49-54,64-69H,5,16,19-25H2,1-4,6-13H3,(H,62,72)/b26-17?,55-48+/t27-,28-,29+,31-,32-,33-,34+,36+,37-,38-,39?,40+,41+,42-,43+,44-,45+,46-,47-,49+,50-,51-,52-,53-,54-,59-,60+,61-/m0/s1. The van der Waals surface area contributed by atoms with Crippen LogP contribution >= 0.6 is 0 Å². The summed E-state index contributed by atoms with van der Waals surface area (Å²) < 4.78 is 67.7. The van der Waals surface area contributed by atoms with Gasteiger partial charge in [0.25, 0.3) is 0 Å². The molecule has 1 unspecified atom stereocenters. The zero-order chi connectivity index (χ0) is 62.1. The molecule has 24 heteroatoms. The van der Waals surface area contributed by atoms with Crippen molar-refractivity contribution in [2.24, 2.45) is 46.8 Å². The van der Waals surface area contributed by atoms with Crippen LogP contribution in [0.4, 0.5) is 4.79 Å². The Morgan fingerprint density at radius 1 is 0.776 bits per heavy atom. The lowest BCUT2D eigenvalue weighted by molar-refractivity contribution is -0.584. The third-order valence-electron chi connectivity index (χ3n) is 20.4. The number of alkyl carbamates (subject to hydrolysis) is 1. The van der Waals surface area contributed by atoms with E-state index in [9.17, 15) is 50.3 Å². The molecule has 4 aliphatic carbocycles. The van der Waals surface area contributed by atoms with Gasteiger partial charge in [0, 0.05) is 74.2 Å². The van der Waals surface area contributed by atoms with Crippen LogP contribution in [0.1, 0.15) is 114 Å². The fraction of sp³-hybridized carbons (Fsp3) is 0.787. The molecule has 1 amide bonds. The minimum absolute atomic E-state index is 0.00785. The number of hydrogen-bond acceptors (Lipinski definition) is 22. The van der Waals surface area contributed by atoms with Crippen molar-refractivity contribution < 1.29 is 102 Å². The number of aliphatic hydroxyl groups is 6. The van der Waals surface area contributed by atoms with Crippen molar-refractivity contribution in [1.82, 2.24) is 5.32 Å². The van der Waals surface area contributed by atoms with E-state index < -0.39 is 191 Å². The van der Waals surface area contributed by atoms with Gasteiger partial charge < -0.3 is 88.1 Å². The maximum absolute atomic E-state index is 15.6. The molecule has 0 aromatic rings. The van der Waals surface area contributed by atoms with E-state index in [0.717, 1.165) is 7.11 Å². The first-order valence-electron chi connectivity index (χ1n) is 30.1. The van der Waals surface area contributed by atoms with Crippen LogP contribution in [0.25, 0.3) is 0 Å². The van der Waals surface area contributed by atoms with Crippen molar-refractivity contribution in [3.05, 3.63) is 69.0 Å². The molecule has 1 saturated carbocycles. The highest BCUT2D eigenvalue weighted by atomic mass is 16.7.